The van der Waals surface area contributed by atoms with Gasteiger partial charge in [-0.3, -0.25) is 14.5 Å². The Kier molecular flexibility index (Phi) is 5.28. The summed E-state index contributed by atoms with van der Waals surface area (Å²) in [6.07, 6.45) is 6.78. The Morgan fingerprint density at radius 2 is 1.74 bits per heavy atom. The van der Waals surface area contributed by atoms with Gasteiger partial charge >= 0.3 is 0 Å². The molecule has 2 fully saturated rings. The third kappa shape index (κ3) is 4.32. The van der Waals surface area contributed by atoms with E-state index in [9.17, 15) is 9.59 Å². The maximum atomic E-state index is 12.5. The lowest BCUT2D eigenvalue weighted by Crippen LogP contribution is -2.34. The van der Waals surface area contributed by atoms with Gasteiger partial charge in [0.1, 0.15) is 0 Å². The molecule has 23 heavy (non-hydrogen) atoms. The molecule has 1 saturated heterocycles. The van der Waals surface area contributed by atoms with Crippen LogP contribution in [0.4, 0.5) is 5.69 Å². The summed E-state index contributed by atoms with van der Waals surface area (Å²) >= 11 is 0. The predicted molar refractivity (Wildman–Crippen MR) is 90.5 cm³/mol. The Morgan fingerprint density at radius 3 is 2.48 bits per heavy atom. The van der Waals surface area contributed by atoms with Gasteiger partial charge in [-0.2, -0.15) is 0 Å². The maximum Gasteiger partial charge on any atom is 0.253 e. The first-order chi connectivity index (χ1) is 11.2. The fourth-order valence-corrected chi connectivity index (χ4v) is 3.46. The van der Waals surface area contributed by atoms with E-state index in [2.05, 4.69) is 15.5 Å². The predicted octanol–water partition coefficient (Wildman–Crippen LogP) is 2.39. The van der Waals surface area contributed by atoms with E-state index in [0.29, 0.717) is 17.8 Å². The number of benzene rings is 1. The lowest BCUT2D eigenvalue weighted by Gasteiger charge is -2.17. The number of nitrogens with one attached hydrogen (secondary N) is 2. The van der Waals surface area contributed by atoms with Gasteiger partial charge in [0.2, 0.25) is 5.91 Å². The second-order valence-corrected chi connectivity index (χ2v) is 6.53. The SMILES string of the molecule is O=C(CN1CCCC1)Nc1ccccc1C(=O)NC1CCCC1. The highest BCUT2D eigenvalue weighted by Crippen LogP contribution is 2.20. The highest BCUT2D eigenvalue weighted by Gasteiger charge is 2.21. The van der Waals surface area contributed by atoms with Crippen LogP contribution in [0, 0.1) is 0 Å². The quantitative estimate of drug-likeness (QED) is 0.877. The van der Waals surface area contributed by atoms with E-state index in [4.69, 9.17) is 0 Å². The van der Waals surface area contributed by atoms with E-state index in [0.717, 1.165) is 38.8 Å². The Hall–Kier alpha value is -1.88. The highest BCUT2D eigenvalue weighted by atomic mass is 16.2. The van der Waals surface area contributed by atoms with E-state index in [-0.39, 0.29) is 17.9 Å². The van der Waals surface area contributed by atoms with E-state index in [1.54, 1.807) is 12.1 Å². The van der Waals surface area contributed by atoms with Crippen molar-refractivity contribution in [2.45, 2.75) is 44.6 Å². The van der Waals surface area contributed by atoms with Crippen molar-refractivity contribution in [1.29, 1.82) is 0 Å². The Bertz CT molecular complexity index is 561. The lowest BCUT2D eigenvalue weighted by molar-refractivity contribution is -0.117. The first-order valence-electron chi connectivity index (χ1n) is 8.64. The zero-order chi connectivity index (χ0) is 16.1. The first kappa shape index (κ1) is 16.0. The second-order valence-electron chi connectivity index (χ2n) is 6.53. The minimum Gasteiger partial charge on any atom is -0.349 e. The number of carbonyl (C=O) groups is 2. The number of carbonyl (C=O) groups excluding carboxylic acids is 2. The van der Waals surface area contributed by atoms with Crippen molar-refractivity contribution >= 4 is 17.5 Å². The number of para-hydroxylation sites is 1. The van der Waals surface area contributed by atoms with Crippen LogP contribution in [0.2, 0.25) is 0 Å². The molecule has 0 spiro atoms. The minimum atomic E-state index is -0.0889. The molecule has 1 aliphatic carbocycles. The Morgan fingerprint density at radius 1 is 1.04 bits per heavy atom. The molecule has 2 aliphatic rings. The van der Waals surface area contributed by atoms with Gasteiger partial charge in [-0.1, -0.05) is 25.0 Å². The highest BCUT2D eigenvalue weighted by molar-refractivity contribution is 6.04. The lowest BCUT2D eigenvalue weighted by atomic mass is 10.1. The molecule has 3 rings (SSSR count). The van der Waals surface area contributed by atoms with Crippen LogP contribution in [0.3, 0.4) is 0 Å². The molecule has 1 heterocycles. The van der Waals surface area contributed by atoms with Gasteiger partial charge in [0.05, 0.1) is 17.8 Å². The summed E-state index contributed by atoms with van der Waals surface area (Å²) in [6.45, 7) is 2.37. The normalized spacial score (nSPS) is 19.0. The van der Waals surface area contributed by atoms with Crippen LogP contribution >= 0.6 is 0 Å². The average Bonchev–Trinajstić information content (AvgIpc) is 3.21. The number of anilines is 1. The van der Waals surface area contributed by atoms with E-state index < -0.39 is 0 Å². The minimum absolute atomic E-state index is 0.0481. The van der Waals surface area contributed by atoms with Gasteiger partial charge in [-0.25, -0.2) is 0 Å². The molecule has 124 valence electrons. The van der Waals surface area contributed by atoms with Crippen LogP contribution in [-0.4, -0.2) is 42.4 Å². The monoisotopic (exact) mass is 315 g/mol. The number of amides is 2. The summed E-state index contributed by atoms with van der Waals surface area (Å²) in [5.41, 5.74) is 1.15. The molecule has 1 aliphatic heterocycles. The average molecular weight is 315 g/mol. The molecule has 1 aromatic carbocycles. The summed E-state index contributed by atoms with van der Waals surface area (Å²) in [7, 11) is 0. The fourth-order valence-electron chi connectivity index (χ4n) is 3.46. The van der Waals surface area contributed by atoms with Gasteiger partial charge in [0.25, 0.3) is 5.91 Å². The molecule has 0 radical (unpaired) electrons. The largest absolute Gasteiger partial charge is 0.349 e. The molecule has 0 unspecified atom stereocenters. The summed E-state index contributed by atoms with van der Waals surface area (Å²) < 4.78 is 0. The number of nitrogens with zero attached hydrogens (tertiary/aromatic N) is 1. The smallest absolute Gasteiger partial charge is 0.253 e. The summed E-state index contributed by atoms with van der Waals surface area (Å²) in [6, 6.07) is 7.52. The van der Waals surface area contributed by atoms with Crippen molar-refractivity contribution in [1.82, 2.24) is 10.2 Å². The summed E-state index contributed by atoms with van der Waals surface area (Å²) in [5.74, 6) is -0.137. The zero-order valence-electron chi connectivity index (χ0n) is 13.5. The van der Waals surface area contributed by atoms with E-state index >= 15 is 0 Å². The molecular formula is C18H25N3O2. The topological polar surface area (TPSA) is 61.4 Å². The molecule has 5 heteroatoms. The molecule has 1 saturated carbocycles. The summed E-state index contributed by atoms with van der Waals surface area (Å²) in [4.78, 5) is 26.8. The van der Waals surface area contributed by atoms with Crippen molar-refractivity contribution in [3.8, 4) is 0 Å². The third-order valence-electron chi connectivity index (χ3n) is 4.70. The van der Waals surface area contributed by atoms with Gasteiger partial charge in [0.15, 0.2) is 0 Å². The van der Waals surface area contributed by atoms with E-state index in [1.165, 1.54) is 12.8 Å². The standard InChI is InChI=1S/C18H25N3O2/c22-17(13-21-11-5-6-12-21)20-16-10-4-3-9-15(16)18(23)19-14-7-1-2-8-14/h3-4,9-10,14H,1-2,5-8,11-13H2,(H,19,23)(H,20,22). The Labute approximate surface area is 137 Å². The van der Waals surface area contributed by atoms with Crippen molar-refractivity contribution in [2.75, 3.05) is 25.0 Å². The molecule has 0 bridgehead atoms. The van der Waals surface area contributed by atoms with Gasteiger partial charge in [0, 0.05) is 6.04 Å². The van der Waals surface area contributed by atoms with Gasteiger partial charge in [-0.05, 0) is 50.9 Å². The summed E-state index contributed by atoms with van der Waals surface area (Å²) in [5, 5.41) is 5.98. The van der Waals surface area contributed by atoms with Crippen LogP contribution in [0.25, 0.3) is 0 Å². The zero-order valence-corrected chi connectivity index (χ0v) is 13.5. The van der Waals surface area contributed by atoms with Crippen molar-refractivity contribution < 1.29 is 9.59 Å². The van der Waals surface area contributed by atoms with Crippen LogP contribution < -0.4 is 10.6 Å². The van der Waals surface area contributed by atoms with Crippen LogP contribution in [0.15, 0.2) is 24.3 Å². The molecular weight excluding hydrogens is 290 g/mol. The molecule has 2 N–H and O–H groups in total. The van der Waals surface area contributed by atoms with Crippen LogP contribution in [0.1, 0.15) is 48.9 Å². The molecule has 0 atom stereocenters. The molecule has 0 aromatic heterocycles. The molecule has 1 aromatic rings. The van der Waals surface area contributed by atoms with Crippen molar-refractivity contribution in [3.05, 3.63) is 29.8 Å². The molecule has 5 nitrogen and oxygen atoms in total. The Balaban J connectivity index is 1.62. The third-order valence-corrected chi connectivity index (χ3v) is 4.70. The maximum absolute atomic E-state index is 12.5. The fraction of sp³-hybridized carbons (Fsp3) is 0.556. The number of likely N-dealkylation sites (tertiary alicyclic amines) is 1. The van der Waals surface area contributed by atoms with Crippen molar-refractivity contribution in [3.63, 3.8) is 0 Å². The number of hydrogen-bond acceptors (Lipinski definition) is 3. The van der Waals surface area contributed by atoms with Gasteiger partial charge < -0.3 is 10.6 Å². The van der Waals surface area contributed by atoms with Crippen LogP contribution in [-0.2, 0) is 4.79 Å². The molecule has 2 amide bonds. The first-order valence-corrected chi connectivity index (χ1v) is 8.64. The number of rotatable bonds is 5. The van der Waals surface area contributed by atoms with Crippen molar-refractivity contribution in [2.24, 2.45) is 0 Å². The van der Waals surface area contributed by atoms with Crippen LogP contribution in [0.5, 0.6) is 0 Å². The van der Waals surface area contributed by atoms with Gasteiger partial charge in [-0.15, -0.1) is 0 Å². The van der Waals surface area contributed by atoms with E-state index in [1.807, 2.05) is 12.1 Å². The second kappa shape index (κ2) is 7.59. The number of hydrogen-bond donors (Lipinski definition) is 2.